The first-order valence-electron chi connectivity index (χ1n) is 10.4. The van der Waals surface area contributed by atoms with Crippen molar-refractivity contribution in [3.05, 3.63) is 63.9 Å². The minimum Gasteiger partial charge on any atom is -0.391 e. The average Bonchev–Trinajstić information content (AvgIpc) is 3.54. The maximum absolute atomic E-state index is 14.5. The number of alkyl halides is 3. The minimum absolute atomic E-state index is 0.101. The topological polar surface area (TPSA) is 82.5 Å². The number of likely N-dealkylation sites (tertiary alicyclic amines) is 1. The van der Waals surface area contributed by atoms with Gasteiger partial charge in [0.05, 0.1) is 28.3 Å². The summed E-state index contributed by atoms with van der Waals surface area (Å²) >= 11 is 5.61. The number of rotatable bonds is 5. The summed E-state index contributed by atoms with van der Waals surface area (Å²) in [6.07, 6.45) is -3.17. The van der Waals surface area contributed by atoms with Gasteiger partial charge in [-0.3, -0.25) is 14.6 Å². The van der Waals surface area contributed by atoms with Gasteiger partial charge in [0.2, 0.25) is 5.91 Å². The molecule has 12 heteroatoms. The number of aromatic nitrogens is 1. The molecule has 0 bridgehead atoms. The lowest BCUT2D eigenvalue weighted by molar-refractivity contribution is -0.137. The fourth-order valence-electron chi connectivity index (χ4n) is 4.07. The largest absolute Gasteiger partial charge is 0.417 e. The van der Waals surface area contributed by atoms with Crippen LogP contribution in [0.1, 0.15) is 46.8 Å². The van der Waals surface area contributed by atoms with Gasteiger partial charge in [-0.2, -0.15) is 13.2 Å². The normalized spacial score (nSPS) is 21.4. The zero-order valence-corrected chi connectivity index (χ0v) is 18.2. The quantitative estimate of drug-likeness (QED) is 0.479. The predicted molar refractivity (Wildman–Crippen MR) is 110 cm³/mol. The lowest BCUT2D eigenvalue weighted by Crippen LogP contribution is -2.47. The molecule has 0 unspecified atom stereocenters. The van der Waals surface area contributed by atoms with Crippen LogP contribution in [0.25, 0.3) is 0 Å². The van der Waals surface area contributed by atoms with E-state index in [0.29, 0.717) is 25.1 Å². The zero-order chi connectivity index (χ0) is 24.8. The number of carbonyl (C=O) groups excluding carboxylic acids is 2. The van der Waals surface area contributed by atoms with Crippen LogP contribution >= 0.6 is 11.6 Å². The number of carbonyl (C=O) groups is 2. The molecular weight excluding hydrogens is 485 g/mol. The lowest BCUT2D eigenvalue weighted by atomic mass is 10.0. The van der Waals surface area contributed by atoms with E-state index < -0.39 is 64.0 Å². The minimum atomic E-state index is -4.72. The number of halogens is 6. The Labute approximate surface area is 195 Å². The molecule has 34 heavy (non-hydrogen) atoms. The molecule has 3 atom stereocenters. The Morgan fingerprint density at radius 2 is 1.85 bits per heavy atom. The predicted octanol–water partition coefficient (Wildman–Crippen LogP) is 3.87. The maximum atomic E-state index is 14.5. The van der Waals surface area contributed by atoms with E-state index in [0.717, 1.165) is 23.2 Å². The van der Waals surface area contributed by atoms with E-state index in [4.69, 9.17) is 11.6 Å². The molecule has 2 heterocycles. The zero-order valence-electron chi connectivity index (χ0n) is 17.5. The number of β-amino-alcohol motifs (C(OH)–C–C–N with tert-alkyl or cyclic N) is 1. The highest BCUT2D eigenvalue weighted by Gasteiger charge is 2.43. The summed E-state index contributed by atoms with van der Waals surface area (Å²) in [5.74, 6) is -3.48. The van der Waals surface area contributed by atoms with E-state index in [1.165, 1.54) is 0 Å². The van der Waals surface area contributed by atoms with Crippen molar-refractivity contribution in [1.82, 2.24) is 15.2 Å². The first-order valence-corrected chi connectivity index (χ1v) is 10.8. The Bertz CT molecular complexity index is 1130. The summed E-state index contributed by atoms with van der Waals surface area (Å²) in [5, 5.41) is 12.3. The summed E-state index contributed by atoms with van der Waals surface area (Å²) in [6.45, 7) is -0.287. The Hall–Kier alpha value is -2.79. The molecule has 1 saturated carbocycles. The van der Waals surface area contributed by atoms with Gasteiger partial charge in [0.25, 0.3) is 5.91 Å². The van der Waals surface area contributed by atoms with Crippen molar-refractivity contribution in [2.45, 2.75) is 43.6 Å². The Morgan fingerprint density at radius 3 is 2.50 bits per heavy atom. The van der Waals surface area contributed by atoms with E-state index in [-0.39, 0.29) is 24.4 Å². The van der Waals surface area contributed by atoms with Crippen molar-refractivity contribution in [3.63, 3.8) is 0 Å². The molecule has 2 amide bonds. The summed E-state index contributed by atoms with van der Waals surface area (Å²) in [7, 11) is 0. The van der Waals surface area contributed by atoms with Crippen molar-refractivity contribution in [1.29, 1.82) is 0 Å². The smallest absolute Gasteiger partial charge is 0.391 e. The molecule has 6 nitrogen and oxygen atoms in total. The molecule has 2 fully saturated rings. The number of hydrogen-bond donors (Lipinski definition) is 2. The number of pyridine rings is 1. The monoisotopic (exact) mass is 503 g/mol. The Balaban J connectivity index is 1.57. The molecule has 4 rings (SSSR count). The van der Waals surface area contributed by atoms with Gasteiger partial charge in [0.1, 0.15) is 17.7 Å². The fraction of sp³-hybridized carbons (Fsp3) is 0.409. The molecule has 1 saturated heterocycles. The third-order valence-electron chi connectivity index (χ3n) is 5.92. The molecule has 0 spiro atoms. The van der Waals surface area contributed by atoms with Crippen LogP contribution in [0.3, 0.4) is 0 Å². The van der Waals surface area contributed by atoms with Crippen LogP contribution in [0.5, 0.6) is 0 Å². The highest BCUT2D eigenvalue weighted by molar-refractivity contribution is 6.30. The Morgan fingerprint density at radius 1 is 1.15 bits per heavy atom. The average molecular weight is 504 g/mol. The second-order valence-electron chi connectivity index (χ2n) is 8.43. The van der Waals surface area contributed by atoms with Crippen molar-refractivity contribution in [2.75, 3.05) is 6.54 Å². The molecule has 2 N–H and O–H groups in total. The number of nitrogens with one attached hydrogen (secondary N) is 1. The highest BCUT2D eigenvalue weighted by atomic mass is 35.5. The summed E-state index contributed by atoms with van der Waals surface area (Å²) in [6, 6.07) is 0.210. The van der Waals surface area contributed by atoms with Crippen LogP contribution in [0.2, 0.25) is 5.02 Å². The molecule has 2 aliphatic rings. The molecule has 0 radical (unpaired) electrons. The molecule has 2 aromatic rings. The van der Waals surface area contributed by atoms with Gasteiger partial charge >= 0.3 is 6.18 Å². The molecule has 1 aliphatic heterocycles. The van der Waals surface area contributed by atoms with E-state index in [1.54, 1.807) is 0 Å². The van der Waals surface area contributed by atoms with E-state index in [1.807, 2.05) is 0 Å². The van der Waals surface area contributed by atoms with Crippen molar-refractivity contribution < 1.29 is 36.6 Å². The van der Waals surface area contributed by atoms with Gasteiger partial charge in [-0.15, -0.1) is 0 Å². The number of benzene rings is 1. The first kappa shape index (κ1) is 24.3. The number of hydrogen-bond acceptors (Lipinski definition) is 4. The molecule has 1 aliphatic carbocycles. The molecular formula is C22H19ClF5N3O3. The van der Waals surface area contributed by atoms with Crippen molar-refractivity contribution in [3.8, 4) is 0 Å². The fourth-order valence-corrected chi connectivity index (χ4v) is 4.22. The molecule has 1 aromatic heterocycles. The van der Waals surface area contributed by atoms with Gasteiger partial charge in [-0.1, -0.05) is 11.6 Å². The summed E-state index contributed by atoms with van der Waals surface area (Å²) in [5.41, 5.74) is -1.63. The van der Waals surface area contributed by atoms with Crippen LogP contribution in [0.4, 0.5) is 22.0 Å². The van der Waals surface area contributed by atoms with E-state index >= 15 is 0 Å². The lowest BCUT2D eigenvalue weighted by Gasteiger charge is -2.27. The SMILES string of the molecule is O=C(N[C@@H](c1cc(F)c(Cl)cc1F)C1CC1)[C@H]1C[C@@H](O)CN1C(=O)c1cncc(C(F)(F)F)c1. The van der Waals surface area contributed by atoms with E-state index in [9.17, 15) is 36.6 Å². The second-order valence-corrected chi connectivity index (χ2v) is 8.84. The van der Waals surface area contributed by atoms with Gasteiger partial charge in [-0.05, 0) is 37.0 Å². The van der Waals surface area contributed by atoms with Crippen molar-refractivity contribution >= 4 is 23.4 Å². The van der Waals surface area contributed by atoms with Crippen LogP contribution in [-0.4, -0.2) is 45.5 Å². The van der Waals surface area contributed by atoms with E-state index in [2.05, 4.69) is 10.3 Å². The number of aliphatic hydroxyl groups is 1. The second kappa shape index (κ2) is 9.10. The molecule has 1 aromatic carbocycles. The highest BCUT2D eigenvalue weighted by Crippen LogP contribution is 2.42. The first-order chi connectivity index (χ1) is 16.0. The van der Waals surface area contributed by atoms with Gasteiger partial charge in [0.15, 0.2) is 0 Å². The third kappa shape index (κ3) is 5.00. The maximum Gasteiger partial charge on any atom is 0.417 e. The number of nitrogens with zero attached hydrogens (tertiary/aromatic N) is 2. The third-order valence-corrected chi connectivity index (χ3v) is 6.21. The van der Waals surface area contributed by atoms with Gasteiger partial charge in [0, 0.05) is 30.9 Å². The summed E-state index contributed by atoms with van der Waals surface area (Å²) < 4.78 is 67.5. The van der Waals surface area contributed by atoms with Crippen LogP contribution < -0.4 is 5.32 Å². The Kier molecular flexibility index (Phi) is 6.52. The van der Waals surface area contributed by atoms with Crippen LogP contribution in [-0.2, 0) is 11.0 Å². The van der Waals surface area contributed by atoms with Crippen LogP contribution in [0.15, 0.2) is 30.6 Å². The molecule has 182 valence electrons. The van der Waals surface area contributed by atoms with Gasteiger partial charge < -0.3 is 15.3 Å². The summed E-state index contributed by atoms with van der Waals surface area (Å²) in [4.78, 5) is 30.4. The number of amides is 2. The number of aliphatic hydroxyl groups excluding tert-OH is 1. The van der Waals surface area contributed by atoms with Gasteiger partial charge in [-0.25, -0.2) is 8.78 Å². The standard InChI is InChI=1S/C22H19ClF5N3O3/c23-15-6-16(24)14(5-17(15)25)19(10-1-2-10)30-20(33)18-4-13(32)9-31(18)21(34)11-3-12(8-29-7-11)22(26,27)28/h3,5-8,10,13,18-19,32H,1-2,4,9H2,(H,30,33)/t13-,18-,19-/m1/s1. The van der Waals surface area contributed by atoms with Crippen LogP contribution in [0, 0.1) is 17.6 Å². The van der Waals surface area contributed by atoms with Crippen molar-refractivity contribution in [2.24, 2.45) is 5.92 Å².